The predicted octanol–water partition coefficient (Wildman–Crippen LogP) is 2.62. The van der Waals surface area contributed by atoms with Gasteiger partial charge in [0.25, 0.3) is 0 Å². The molecule has 3 nitrogen and oxygen atoms in total. The second kappa shape index (κ2) is 6.22. The molecule has 17 heavy (non-hydrogen) atoms. The van der Waals surface area contributed by atoms with Crippen LogP contribution >= 0.6 is 0 Å². The molecule has 1 aliphatic rings. The maximum atomic E-state index is 5.68. The highest BCUT2D eigenvalue weighted by atomic mass is 16.5. The Morgan fingerprint density at radius 2 is 2.41 bits per heavy atom. The van der Waals surface area contributed by atoms with Crippen LogP contribution in [-0.2, 0) is 11.2 Å². The van der Waals surface area contributed by atoms with Gasteiger partial charge in [0, 0.05) is 12.0 Å². The lowest BCUT2D eigenvalue weighted by molar-refractivity contribution is 0.117. The van der Waals surface area contributed by atoms with E-state index in [4.69, 9.17) is 9.15 Å². The van der Waals surface area contributed by atoms with Crippen LogP contribution in [0.3, 0.4) is 0 Å². The zero-order chi connectivity index (χ0) is 12.1. The fraction of sp³-hybridized carbons (Fsp3) is 0.714. The lowest BCUT2D eigenvalue weighted by atomic mass is 9.92. The molecule has 0 aliphatic carbocycles. The van der Waals surface area contributed by atoms with Crippen molar-refractivity contribution < 1.29 is 9.15 Å². The Bertz CT molecular complexity index is 310. The van der Waals surface area contributed by atoms with E-state index in [1.165, 1.54) is 18.4 Å². The fourth-order valence-electron chi connectivity index (χ4n) is 2.53. The zero-order valence-corrected chi connectivity index (χ0v) is 10.8. The Morgan fingerprint density at radius 3 is 3.00 bits per heavy atom. The summed E-state index contributed by atoms with van der Waals surface area (Å²) in [6, 6.07) is 2.57. The molecular weight excluding hydrogens is 214 g/mol. The third-order valence-corrected chi connectivity index (χ3v) is 3.49. The average molecular weight is 237 g/mol. The monoisotopic (exact) mass is 237 g/mol. The molecule has 1 saturated heterocycles. The van der Waals surface area contributed by atoms with Crippen molar-refractivity contribution in [3.05, 3.63) is 24.2 Å². The first-order valence-electron chi connectivity index (χ1n) is 6.65. The highest BCUT2D eigenvalue weighted by molar-refractivity contribution is 5.08. The molecule has 0 spiro atoms. The quantitative estimate of drug-likeness (QED) is 0.826. The van der Waals surface area contributed by atoms with E-state index in [0.717, 1.165) is 19.6 Å². The summed E-state index contributed by atoms with van der Waals surface area (Å²) in [6.07, 6.45) is 7.39. The number of nitrogens with one attached hydrogen (secondary N) is 1. The second-order valence-corrected chi connectivity index (χ2v) is 5.04. The van der Waals surface area contributed by atoms with Gasteiger partial charge in [0.1, 0.15) is 0 Å². The van der Waals surface area contributed by atoms with Crippen molar-refractivity contribution in [2.24, 2.45) is 5.92 Å². The van der Waals surface area contributed by atoms with E-state index in [1.807, 2.05) is 6.26 Å². The molecule has 0 radical (unpaired) electrons. The van der Waals surface area contributed by atoms with Crippen molar-refractivity contribution in [1.82, 2.24) is 5.32 Å². The molecule has 1 aliphatic heterocycles. The van der Waals surface area contributed by atoms with Gasteiger partial charge in [-0.3, -0.25) is 0 Å². The van der Waals surface area contributed by atoms with Gasteiger partial charge in [-0.25, -0.2) is 0 Å². The molecule has 0 amide bonds. The maximum Gasteiger partial charge on any atom is 0.0935 e. The summed E-state index contributed by atoms with van der Waals surface area (Å²) in [5.41, 5.74) is 1.28. The molecule has 0 aromatic carbocycles. The van der Waals surface area contributed by atoms with Gasteiger partial charge >= 0.3 is 0 Å². The summed E-state index contributed by atoms with van der Waals surface area (Å²) in [7, 11) is 0. The molecule has 3 atom stereocenters. The van der Waals surface area contributed by atoms with Gasteiger partial charge in [0.15, 0.2) is 0 Å². The predicted molar refractivity (Wildman–Crippen MR) is 68.0 cm³/mol. The molecule has 1 fully saturated rings. The van der Waals surface area contributed by atoms with Gasteiger partial charge in [-0.2, -0.15) is 0 Å². The van der Waals surface area contributed by atoms with E-state index in [9.17, 15) is 0 Å². The first-order valence-corrected chi connectivity index (χ1v) is 6.65. The third-order valence-electron chi connectivity index (χ3n) is 3.49. The molecular formula is C14H23NO2. The lowest BCUT2D eigenvalue weighted by Crippen LogP contribution is -2.38. The van der Waals surface area contributed by atoms with Gasteiger partial charge in [-0.1, -0.05) is 6.92 Å². The van der Waals surface area contributed by atoms with Gasteiger partial charge in [-0.05, 0) is 44.4 Å². The molecule has 0 saturated carbocycles. The molecule has 2 rings (SSSR count). The van der Waals surface area contributed by atoms with E-state index in [1.54, 1.807) is 6.26 Å². The Labute approximate surface area is 104 Å². The number of furan rings is 1. The van der Waals surface area contributed by atoms with Crippen molar-refractivity contribution in [2.45, 2.75) is 45.3 Å². The highest BCUT2D eigenvalue weighted by Gasteiger charge is 2.29. The molecule has 3 unspecified atom stereocenters. The van der Waals surface area contributed by atoms with Gasteiger partial charge in [0.05, 0.1) is 25.2 Å². The molecule has 1 aromatic heterocycles. The van der Waals surface area contributed by atoms with Crippen LogP contribution in [0.15, 0.2) is 23.0 Å². The largest absolute Gasteiger partial charge is 0.472 e. The smallest absolute Gasteiger partial charge is 0.0935 e. The van der Waals surface area contributed by atoms with Crippen molar-refractivity contribution in [3.63, 3.8) is 0 Å². The van der Waals surface area contributed by atoms with Crippen LogP contribution in [-0.4, -0.2) is 25.3 Å². The highest BCUT2D eigenvalue weighted by Crippen LogP contribution is 2.24. The van der Waals surface area contributed by atoms with Crippen LogP contribution in [0.2, 0.25) is 0 Å². The summed E-state index contributed by atoms with van der Waals surface area (Å²) >= 11 is 0. The first-order chi connectivity index (χ1) is 8.29. The SMILES string of the molecule is CCCNC(Cc1ccoc1)C1COC(C)C1. The second-order valence-electron chi connectivity index (χ2n) is 5.04. The van der Waals surface area contributed by atoms with Crippen LogP contribution in [0, 0.1) is 5.92 Å². The lowest BCUT2D eigenvalue weighted by Gasteiger charge is -2.23. The Morgan fingerprint density at radius 1 is 1.53 bits per heavy atom. The van der Waals surface area contributed by atoms with E-state index in [2.05, 4.69) is 25.2 Å². The van der Waals surface area contributed by atoms with Crippen LogP contribution in [0.1, 0.15) is 32.3 Å². The normalized spacial score (nSPS) is 26.2. The maximum absolute atomic E-state index is 5.68. The Hall–Kier alpha value is -0.800. The number of ether oxygens (including phenoxy) is 1. The number of hydrogen-bond acceptors (Lipinski definition) is 3. The molecule has 1 N–H and O–H groups in total. The summed E-state index contributed by atoms with van der Waals surface area (Å²) < 4.78 is 10.8. The van der Waals surface area contributed by atoms with Gasteiger partial charge < -0.3 is 14.5 Å². The molecule has 3 heteroatoms. The van der Waals surface area contributed by atoms with Crippen molar-refractivity contribution >= 4 is 0 Å². The van der Waals surface area contributed by atoms with Crippen molar-refractivity contribution in [2.75, 3.05) is 13.2 Å². The standard InChI is InChI=1S/C14H23NO2/c1-3-5-15-14(8-12-4-6-16-9-12)13-7-11(2)17-10-13/h4,6,9,11,13-15H,3,5,7-8,10H2,1-2H3. The molecule has 2 heterocycles. The Kier molecular flexibility index (Phi) is 4.63. The van der Waals surface area contributed by atoms with E-state index < -0.39 is 0 Å². The zero-order valence-electron chi connectivity index (χ0n) is 10.8. The minimum atomic E-state index is 0.412. The minimum Gasteiger partial charge on any atom is -0.472 e. The van der Waals surface area contributed by atoms with Crippen LogP contribution in [0.25, 0.3) is 0 Å². The average Bonchev–Trinajstić information content (AvgIpc) is 2.95. The first kappa shape index (κ1) is 12.7. The topological polar surface area (TPSA) is 34.4 Å². The van der Waals surface area contributed by atoms with E-state index in [0.29, 0.717) is 18.1 Å². The van der Waals surface area contributed by atoms with Crippen molar-refractivity contribution in [1.29, 1.82) is 0 Å². The summed E-state index contributed by atoms with van der Waals surface area (Å²) in [6.45, 7) is 6.33. The number of hydrogen-bond donors (Lipinski definition) is 1. The van der Waals surface area contributed by atoms with Gasteiger partial charge in [-0.15, -0.1) is 0 Å². The summed E-state index contributed by atoms with van der Waals surface area (Å²) in [4.78, 5) is 0. The minimum absolute atomic E-state index is 0.412. The summed E-state index contributed by atoms with van der Waals surface area (Å²) in [5, 5.41) is 3.65. The third kappa shape index (κ3) is 3.58. The molecule has 0 bridgehead atoms. The van der Waals surface area contributed by atoms with Crippen LogP contribution in [0.4, 0.5) is 0 Å². The van der Waals surface area contributed by atoms with Crippen molar-refractivity contribution in [3.8, 4) is 0 Å². The van der Waals surface area contributed by atoms with Crippen LogP contribution < -0.4 is 5.32 Å². The summed E-state index contributed by atoms with van der Waals surface area (Å²) in [5.74, 6) is 0.631. The fourth-order valence-corrected chi connectivity index (χ4v) is 2.53. The van der Waals surface area contributed by atoms with E-state index in [-0.39, 0.29) is 0 Å². The Balaban J connectivity index is 1.92. The number of rotatable bonds is 6. The van der Waals surface area contributed by atoms with E-state index >= 15 is 0 Å². The molecule has 1 aromatic rings. The molecule has 96 valence electrons. The van der Waals surface area contributed by atoms with Gasteiger partial charge in [0.2, 0.25) is 0 Å². The van der Waals surface area contributed by atoms with Crippen LogP contribution in [0.5, 0.6) is 0 Å².